The molecule has 3 unspecified atom stereocenters. The number of ketones is 2. The number of aliphatic hydroxyl groups is 2. The molecule has 134 heavy (non-hydrogen) atoms. The standard InChI is InChI=1S/2C23H24ClN3O5.C19H16BrNO4.C17H16BrNO4.C15H13NO4.CH3.W/c2*24-10-23(13-28)11-27(12-23)7-8-31-15-2-3-16-14(9-15)1-5-18-20(16)21(26-32-18)17-4-6-19(29)25-22(17)30;20-7-8-24-13-3-5-14-11(9-13)1-6-17-18(14)19(21-25-17)15-4-2-12(22)10-16(15)23;1-2-21-16(20)10-14-17-13-5-4-12(22-8-7-18)9-11(13)3-6-15(17)23-19-14;1-2-19-14(18)8-12-15-11-5-4-10(17)7-9(11)3-6-13(15)20-16-12;;/h2*1-3,5,9,17,28H,4,6-8,10-13H2,(H,25,29,30);1,3,5-6,9,15H,2,4,7-8,10H2;3-6,9H,2,7-8,10H2,1H3;3-7,17H,2,8H2,1H3;1H3;/q;;;;;-1;. The monoisotopic (exact) mass is 2160 g/mol. The number of aromatic hydroxyl groups is 1. The zero-order valence-electron chi connectivity index (χ0n) is 73.4. The van der Waals surface area contributed by atoms with Crippen molar-refractivity contribution in [1.82, 2.24) is 46.2 Å². The molecule has 4 amide bonds. The molecule has 9 heterocycles. The zero-order valence-corrected chi connectivity index (χ0v) is 81.0. The molecule has 10 aromatic carbocycles. The number of piperidine rings is 2. The summed E-state index contributed by atoms with van der Waals surface area (Å²) in [5.41, 5.74) is 5.71. The van der Waals surface area contributed by atoms with Crippen LogP contribution < -0.4 is 29.6 Å². The number of esters is 2. The molecule has 4 saturated heterocycles. The fraction of sp³-hybridized carbons (Fsp3) is 0.347. The summed E-state index contributed by atoms with van der Waals surface area (Å²) in [6, 6.07) is 47.2. The van der Waals surface area contributed by atoms with Crippen LogP contribution in [0.25, 0.3) is 109 Å². The first-order valence-corrected chi connectivity index (χ1v) is 46.7. The van der Waals surface area contributed by atoms with E-state index in [4.69, 9.17) is 74.2 Å². The maximum absolute atomic E-state index is 12.4. The van der Waals surface area contributed by atoms with Gasteiger partial charge in [-0.05, 0) is 208 Å². The Labute approximate surface area is 808 Å². The van der Waals surface area contributed by atoms with E-state index in [0.29, 0.717) is 133 Å². The number of hydrogen-bond donors (Lipinski definition) is 5. The number of carbonyl (C=O) groups excluding carboxylic acids is 8. The Hall–Kier alpha value is -11.5. The molecule has 1 aliphatic carbocycles. The number of Topliss-reactive ketones (excluding diaryl/α,β-unsaturated/α-hetero) is 2. The van der Waals surface area contributed by atoms with Gasteiger partial charge in [0.2, 0.25) is 23.6 Å². The summed E-state index contributed by atoms with van der Waals surface area (Å²) < 4.78 is 60.1. The summed E-state index contributed by atoms with van der Waals surface area (Å²) in [7, 11) is 0. The van der Waals surface area contributed by atoms with Crippen LogP contribution in [0.2, 0.25) is 0 Å². The molecule has 0 bridgehead atoms. The van der Waals surface area contributed by atoms with Gasteiger partial charge in [0.05, 0.1) is 104 Å². The van der Waals surface area contributed by atoms with Gasteiger partial charge in [-0.1, -0.05) is 88.0 Å². The molecule has 1 saturated carbocycles. The first-order chi connectivity index (χ1) is 64.1. The Kier molecular flexibility index (Phi) is 32.6. The van der Waals surface area contributed by atoms with Crippen LogP contribution >= 0.6 is 55.1 Å². The number of hydrogen-bond acceptors (Lipinski definition) is 29. The molecular weight excluding hydrogens is 2070 g/mol. The van der Waals surface area contributed by atoms with Crippen molar-refractivity contribution >= 4 is 211 Å². The third-order valence-electron chi connectivity index (χ3n) is 24.1. The number of ether oxygens (including phenoxy) is 6. The Balaban J connectivity index is 0.000000135. The van der Waals surface area contributed by atoms with Crippen LogP contribution in [0.4, 0.5) is 0 Å². The van der Waals surface area contributed by atoms with E-state index in [1.807, 2.05) is 127 Å². The number of aromatic nitrogens is 5. The molecule has 31 nitrogen and oxygen atoms in total. The number of likely N-dealkylation sites (tertiary alicyclic amines) is 2. The van der Waals surface area contributed by atoms with Crippen LogP contribution in [0.15, 0.2) is 174 Å². The first kappa shape index (κ1) is 98.5. The van der Waals surface area contributed by atoms with Crippen molar-refractivity contribution in [3.8, 4) is 28.7 Å². The van der Waals surface area contributed by atoms with E-state index in [9.17, 15) is 53.7 Å². The van der Waals surface area contributed by atoms with E-state index < -0.39 is 11.8 Å². The summed E-state index contributed by atoms with van der Waals surface area (Å²) >= 11 is 18.6. The van der Waals surface area contributed by atoms with E-state index in [1.165, 1.54) is 0 Å². The van der Waals surface area contributed by atoms with Crippen molar-refractivity contribution in [2.75, 3.05) is 115 Å². The van der Waals surface area contributed by atoms with Gasteiger partial charge in [0.15, 0.2) is 27.9 Å². The Morgan fingerprint density at radius 3 is 1.12 bits per heavy atom. The van der Waals surface area contributed by atoms with Gasteiger partial charge in [0.25, 0.3) is 0 Å². The molecule has 5 aromatic heterocycles. The minimum atomic E-state index is -0.508. The Morgan fingerprint density at radius 1 is 0.448 bits per heavy atom. The van der Waals surface area contributed by atoms with Gasteiger partial charge < -0.3 is 73.8 Å². The minimum Gasteiger partial charge on any atom is -0.508 e. The van der Waals surface area contributed by atoms with E-state index in [2.05, 4.69) is 78.1 Å². The summed E-state index contributed by atoms with van der Waals surface area (Å²) in [6.45, 7) is 11.4. The number of nitrogens with zero attached hydrogens (tertiary/aromatic N) is 7. The Bertz CT molecular complexity index is 6670. The number of alkyl halides is 4. The number of carbonyl (C=O) groups is 8. The van der Waals surface area contributed by atoms with Crippen LogP contribution in [0.3, 0.4) is 0 Å². The number of aliphatic hydroxyl groups excluding tert-OH is 2. The number of fused-ring (bicyclic) bond motifs is 15. The molecule has 0 spiro atoms. The average molecular weight is 2170 g/mol. The fourth-order valence-electron chi connectivity index (χ4n) is 17.5. The second kappa shape index (κ2) is 44.3. The number of amides is 4. The third-order valence-corrected chi connectivity index (χ3v) is 25.8. The van der Waals surface area contributed by atoms with E-state index in [0.717, 1.165) is 154 Å². The zero-order chi connectivity index (χ0) is 92.3. The summed E-state index contributed by atoms with van der Waals surface area (Å²) in [4.78, 5) is 99.3. The topological polar surface area (TPSA) is 413 Å². The second-order valence-corrected chi connectivity index (χ2v) is 35.2. The number of rotatable bonds is 27. The van der Waals surface area contributed by atoms with Gasteiger partial charge in [0, 0.05) is 113 Å². The van der Waals surface area contributed by atoms with E-state index in [1.54, 1.807) is 38.1 Å². The SMILES string of the molecule is CCOC(=O)Cc1noc2ccc3cc(O)ccc3c12.CCOC(=O)Cc1noc2ccc3cc(OCCBr)ccc3c12.O=C1CCC(c2noc3ccc4cc(OCCBr)ccc4c23)C(=O)C1.O=C1CCC(c2noc3ccc4cc(OCCN5CC(CO)(CCl)C5)ccc4c23)C(=O)N1.O=C1CCC(c2noc3ccc4cc(OCCN5CC(CO)(CCl)C5)ccc4c23)C(=O)N1.[CH3-].[W]. The van der Waals surface area contributed by atoms with Crippen LogP contribution in [0.5, 0.6) is 28.7 Å². The van der Waals surface area contributed by atoms with Gasteiger partial charge in [-0.25, -0.2) is 0 Å². The molecule has 5 N–H and O–H groups in total. The van der Waals surface area contributed by atoms with Crippen molar-refractivity contribution in [3.63, 3.8) is 0 Å². The molecular formula is C98H96Br2Cl2N9O22W-. The molecule has 20 rings (SSSR count). The molecule has 15 aromatic rings. The molecule has 3 atom stereocenters. The van der Waals surface area contributed by atoms with Gasteiger partial charge >= 0.3 is 11.9 Å². The summed E-state index contributed by atoms with van der Waals surface area (Å²) in [5.74, 6) is 0.954. The van der Waals surface area contributed by atoms with Gasteiger partial charge in [-0.3, -0.25) is 58.8 Å². The number of phenolic OH excluding ortho intramolecular Hbond substituents is 1. The van der Waals surface area contributed by atoms with Crippen molar-refractivity contribution in [2.45, 2.75) is 89.4 Å². The van der Waals surface area contributed by atoms with E-state index >= 15 is 0 Å². The molecule has 700 valence electrons. The summed E-state index contributed by atoms with van der Waals surface area (Å²) in [6.07, 6.45) is 2.49. The largest absolute Gasteiger partial charge is 0.508 e. The van der Waals surface area contributed by atoms with Crippen molar-refractivity contribution < 1.29 is 126 Å². The van der Waals surface area contributed by atoms with Crippen LogP contribution in [-0.2, 0) is 81.7 Å². The van der Waals surface area contributed by atoms with Crippen molar-refractivity contribution in [2.24, 2.45) is 10.8 Å². The average Bonchev–Trinajstić information content (AvgIpc) is 1.57. The predicted molar refractivity (Wildman–Crippen MR) is 506 cm³/mol. The summed E-state index contributed by atoms with van der Waals surface area (Å²) in [5, 5.41) is 68.8. The van der Waals surface area contributed by atoms with Crippen LogP contribution in [-0.4, -0.2) is 213 Å². The number of phenols is 1. The first-order valence-electron chi connectivity index (χ1n) is 43.3. The molecule has 5 fully saturated rings. The number of benzene rings is 10. The molecule has 4 aliphatic heterocycles. The van der Waals surface area contributed by atoms with Gasteiger partial charge in [-0.2, -0.15) is 0 Å². The number of halogens is 4. The molecule has 0 radical (unpaired) electrons. The predicted octanol–water partition coefficient (Wildman–Crippen LogP) is 16.1. The van der Waals surface area contributed by atoms with Gasteiger partial charge in [0.1, 0.15) is 82.0 Å². The number of imide groups is 2. The van der Waals surface area contributed by atoms with Crippen molar-refractivity contribution in [1.29, 1.82) is 0 Å². The third kappa shape index (κ3) is 21.9. The normalized spacial score (nSPS) is 17.0. The fourth-order valence-corrected chi connectivity index (χ4v) is 18.3. The number of nitrogens with one attached hydrogen (secondary N) is 2. The smallest absolute Gasteiger partial charge is 0.312 e. The maximum Gasteiger partial charge on any atom is 0.312 e. The second-order valence-electron chi connectivity index (χ2n) is 33.1. The minimum absolute atomic E-state index is 0. The van der Waals surface area contributed by atoms with E-state index in [-0.39, 0.29) is 143 Å². The Morgan fingerprint density at radius 2 is 0.776 bits per heavy atom. The molecule has 36 heteroatoms. The van der Waals surface area contributed by atoms with Crippen molar-refractivity contribution in [3.05, 3.63) is 188 Å². The quantitative estimate of drug-likeness (QED) is 0.0105. The van der Waals surface area contributed by atoms with Crippen LogP contribution in [0.1, 0.15) is 105 Å². The van der Waals surface area contributed by atoms with Crippen LogP contribution in [0, 0.1) is 18.3 Å². The van der Waals surface area contributed by atoms with Gasteiger partial charge in [-0.15, -0.1) is 23.2 Å². The maximum atomic E-state index is 12.4. The molecule has 5 aliphatic rings.